The lowest BCUT2D eigenvalue weighted by Gasteiger charge is -2.33. The Morgan fingerprint density at radius 2 is 1.84 bits per heavy atom. The maximum atomic E-state index is 13.3. The minimum atomic E-state index is -0.0667. The molecule has 2 aliphatic heterocycles. The van der Waals surface area contributed by atoms with Crippen molar-refractivity contribution in [3.05, 3.63) is 89.3 Å². The van der Waals surface area contributed by atoms with Gasteiger partial charge in [-0.15, -0.1) is 0 Å². The number of benzene rings is 3. The zero-order chi connectivity index (χ0) is 26.3. The SMILES string of the molecule is Cc1nc(-c2ccc(-c3ccc(C(=O)NC4CC5(CCCN4C)COc4ccccc45)cc3)c(C)c2)no1. The van der Waals surface area contributed by atoms with Gasteiger partial charge in [-0.2, -0.15) is 4.98 Å². The van der Waals surface area contributed by atoms with Gasteiger partial charge in [0.05, 0.1) is 12.8 Å². The molecular formula is C31H32N4O3. The highest BCUT2D eigenvalue weighted by atomic mass is 16.5. The summed E-state index contributed by atoms with van der Waals surface area (Å²) in [5, 5.41) is 7.33. The first kappa shape index (κ1) is 24.4. The van der Waals surface area contributed by atoms with Crippen LogP contribution in [0.2, 0.25) is 0 Å². The average Bonchev–Trinajstić information content (AvgIpc) is 3.48. The summed E-state index contributed by atoms with van der Waals surface area (Å²) in [7, 11) is 2.09. The van der Waals surface area contributed by atoms with E-state index in [0.29, 0.717) is 23.9 Å². The van der Waals surface area contributed by atoms with Crippen molar-refractivity contribution in [2.75, 3.05) is 20.2 Å². The van der Waals surface area contributed by atoms with E-state index in [0.717, 1.165) is 53.8 Å². The molecule has 0 saturated carbocycles. The van der Waals surface area contributed by atoms with E-state index in [2.05, 4.69) is 64.7 Å². The van der Waals surface area contributed by atoms with E-state index in [1.54, 1.807) is 6.92 Å². The zero-order valence-electron chi connectivity index (χ0n) is 22.0. The second-order valence-corrected chi connectivity index (χ2v) is 10.6. The minimum absolute atomic E-state index is 0.0582. The Labute approximate surface area is 222 Å². The van der Waals surface area contributed by atoms with Gasteiger partial charge in [-0.3, -0.25) is 9.69 Å². The number of fused-ring (bicyclic) bond motifs is 2. The van der Waals surface area contributed by atoms with Gasteiger partial charge < -0.3 is 14.6 Å². The largest absolute Gasteiger partial charge is 0.492 e. The second-order valence-electron chi connectivity index (χ2n) is 10.6. The van der Waals surface area contributed by atoms with E-state index >= 15 is 0 Å². The number of amides is 1. The van der Waals surface area contributed by atoms with Crippen LogP contribution in [0.3, 0.4) is 0 Å². The van der Waals surface area contributed by atoms with Crippen LogP contribution in [0.1, 0.15) is 46.6 Å². The maximum Gasteiger partial charge on any atom is 0.252 e. The van der Waals surface area contributed by atoms with Gasteiger partial charge in [0, 0.05) is 29.0 Å². The molecule has 1 N–H and O–H groups in total. The number of hydrogen-bond donors (Lipinski definition) is 1. The summed E-state index contributed by atoms with van der Waals surface area (Å²) in [5.74, 6) is 2.05. The molecule has 3 aromatic carbocycles. The highest BCUT2D eigenvalue weighted by molar-refractivity contribution is 5.95. The van der Waals surface area contributed by atoms with E-state index in [1.807, 2.05) is 36.4 Å². The summed E-state index contributed by atoms with van der Waals surface area (Å²) >= 11 is 0. The summed E-state index contributed by atoms with van der Waals surface area (Å²) in [6.45, 7) is 5.46. The summed E-state index contributed by atoms with van der Waals surface area (Å²) in [6, 6.07) is 22.3. The smallest absolute Gasteiger partial charge is 0.252 e. The van der Waals surface area contributed by atoms with Gasteiger partial charge in [0.15, 0.2) is 0 Å². The average molecular weight is 509 g/mol. The number of para-hydroxylation sites is 1. The Hall–Kier alpha value is -3.97. The van der Waals surface area contributed by atoms with Gasteiger partial charge in [-0.25, -0.2) is 0 Å². The van der Waals surface area contributed by atoms with Crippen molar-refractivity contribution in [2.24, 2.45) is 0 Å². The molecule has 7 heteroatoms. The van der Waals surface area contributed by atoms with Crippen molar-refractivity contribution in [2.45, 2.75) is 44.7 Å². The van der Waals surface area contributed by atoms with Crippen molar-refractivity contribution >= 4 is 5.91 Å². The fraction of sp³-hybridized carbons (Fsp3) is 0.323. The highest BCUT2D eigenvalue weighted by Gasteiger charge is 2.44. The molecular weight excluding hydrogens is 476 g/mol. The molecule has 1 fully saturated rings. The molecule has 1 amide bonds. The maximum absolute atomic E-state index is 13.3. The van der Waals surface area contributed by atoms with E-state index in [-0.39, 0.29) is 17.5 Å². The minimum Gasteiger partial charge on any atom is -0.492 e. The van der Waals surface area contributed by atoms with Crippen molar-refractivity contribution in [3.63, 3.8) is 0 Å². The molecule has 2 atom stereocenters. The Morgan fingerprint density at radius 3 is 2.61 bits per heavy atom. The van der Waals surface area contributed by atoms with Gasteiger partial charge in [-0.05, 0) is 80.7 Å². The Bertz CT molecular complexity index is 1480. The lowest BCUT2D eigenvalue weighted by molar-refractivity contribution is 0.0854. The first-order valence-electron chi connectivity index (χ1n) is 13.2. The third-order valence-electron chi connectivity index (χ3n) is 8.01. The number of nitrogens with zero attached hydrogens (tertiary/aromatic N) is 3. The standard InChI is InChI=1S/C31H32N4O3/c1-20-17-24(29-32-21(2)38-34-29)13-14-25(20)22-9-11-23(12-10-22)30(36)33-28-18-31(15-6-16-35(28)3)19-37-27-8-5-4-7-26(27)31/h4-5,7-14,17,28H,6,15-16,18-19H2,1-3H3,(H,33,36). The molecule has 0 radical (unpaired) electrons. The lowest BCUT2D eigenvalue weighted by Crippen LogP contribution is -2.48. The molecule has 1 saturated heterocycles. The Balaban J connectivity index is 1.18. The third-order valence-corrected chi connectivity index (χ3v) is 8.01. The number of nitrogens with one attached hydrogen (secondary N) is 1. The molecule has 38 heavy (non-hydrogen) atoms. The summed E-state index contributed by atoms with van der Waals surface area (Å²) in [5.41, 5.74) is 6.04. The van der Waals surface area contributed by atoms with Crippen LogP contribution in [0.15, 0.2) is 71.3 Å². The van der Waals surface area contributed by atoms with Crippen LogP contribution in [0.4, 0.5) is 0 Å². The second kappa shape index (κ2) is 9.72. The number of aromatic nitrogens is 2. The van der Waals surface area contributed by atoms with Crippen LogP contribution in [0.25, 0.3) is 22.5 Å². The van der Waals surface area contributed by atoms with E-state index in [9.17, 15) is 4.79 Å². The molecule has 3 heterocycles. The number of hydrogen-bond acceptors (Lipinski definition) is 6. The summed E-state index contributed by atoms with van der Waals surface area (Å²) in [6.07, 6.45) is 2.89. The molecule has 1 aromatic heterocycles. The van der Waals surface area contributed by atoms with E-state index < -0.39 is 0 Å². The number of carbonyl (C=O) groups is 1. The third kappa shape index (κ3) is 4.47. The molecule has 4 aromatic rings. The quantitative estimate of drug-likeness (QED) is 0.391. The van der Waals surface area contributed by atoms with Crippen LogP contribution >= 0.6 is 0 Å². The molecule has 6 rings (SSSR count). The van der Waals surface area contributed by atoms with Crippen LogP contribution in [-0.2, 0) is 5.41 Å². The van der Waals surface area contributed by atoms with Crippen molar-refractivity contribution in [1.82, 2.24) is 20.4 Å². The number of aryl methyl sites for hydroxylation is 2. The van der Waals surface area contributed by atoms with Gasteiger partial charge in [0.25, 0.3) is 5.91 Å². The van der Waals surface area contributed by atoms with Crippen LogP contribution in [-0.4, -0.2) is 47.3 Å². The molecule has 194 valence electrons. The number of rotatable bonds is 4. The summed E-state index contributed by atoms with van der Waals surface area (Å²) in [4.78, 5) is 19.9. The van der Waals surface area contributed by atoms with E-state index in [1.165, 1.54) is 5.56 Å². The fourth-order valence-corrected chi connectivity index (χ4v) is 5.89. The predicted molar refractivity (Wildman–Crippen MR) is 146 cm³/mol. The number of carbonyl (C=O) groups excluding carboxylic acids is 1. The van der Waals surface area contributed by atoms with Gasteiger partial charge in [-0.1, -0.05) is 47.6 Å². The van der Waals surface area contributed by atoms with Gasteiger partial charge in [0.1, 0.15) is 5.75 Å². The molecule has 2 aliphatic rings. The molecule has 0 bridgehead atoms. The monoisotopic (exact) mass is 508 g/mol. The first-order chi connectivity index (χ1) is 18.4. The lowest BCUT2D eigenvalue weighted by atomic mass is 9.75. The summed E-state index contributed by atoms with van der Waals surface area (Å²) < 4.78 is 11.2. The van der Waals surface area contributed by atoms with Gasteiger partial charge >= 0.3 is 0 Å². The van der Waals surface area contributed by atoms with Gasteiger partial charge in [0.2, 0.25) is 11.7 Å². The van der Waals surface area contributed by atoms with Crippen LogP contribution in [0.5, 0.6) is 5.75 Å². The van der Waals surface area contributed by atoms with Crippen molar-refractivity contribution in [1.29, 1.82) is 0 Å². The normalized spacial score (nSPS) is 21.1. The Morgan fingerprint density at radius 1 is 1.05 bits per heavy atom. The molecule has 7 nitrogen and oxygen atoms in total. The predicted octanol–water partition coefficient (Wildman–Crippen LogP) is 5.52. The molecule has 1 spiro atoms. The number of likely N-dealkylation sites (tertiary alicyclic amines) is 1. The number of ether oxygens (including phenoxy) is 1. The van der Waals surface area contributed by atoms with Crippen LogP contribution < -0.4 is 10.1 Å². The van der Waals surface area contributed by atoms with Crippen molar-refractivity contribution in [3.8, 4) is 28.3 Å². The fourth-order valence-electron chi connectivity index (χ4n) is 5.89. The molecule has 2 unspecified atom stereocenters. The molecule has 0 aliphatic carbocycles. The zero-order valence-corrected chi connectivity index (χ0v) is 22.0. The topological polar surface area (TPSA) is 80.5 Å². The van der Waals surface area contributed by atoms with Crippen LogP contribution in [0, 0.1) is 13.8 Å². The first-order valence-corrected chi connectivity index (χ1v) is 13.2. The van der Waals surface area contributed by atoms with E-state index in [4.69, 9.17) is 9.26 Å². The Kier molecular flexibility index (Phi) is 6.24. The van der Waals surface area contributed by atoms with Crippen molar-refractivity contribution < 1.29 is 14.1 Å². The highest BCUT2D eigenvalue weighted by Crippen LogP contribution is 2.46.